The lowest BCUT2D eigenvalue weighted by Gasteiger charge is -2.12. The molecule has 1 aromatic carbocycles. The minimum absolute atomic E-state index is 0.0516. The Balaban J connectivity index is 1.53. The van der Waals surface area contributed by atoms with Gasteiger partial charge in [-0.15, -0.1) is 0 Å². The molecule has 0 bridgehead atoms. The molecule has 1 fully saturated rings. The third-order valence-electron chi connectivity index (χ3n) is 5.22. The maximum atomic E-state index is 12.5. The van der Waals surface area contributed by atoms with Crippen LogP contribution in [0.1, 0.15) is 33.7 Å². The normalized spacial score (nSPS) is 16.4. The minimum Gasteiger partial charge on any atom is -0.496 e. The van der Waals surface area contributed by atoms with E-state index in [-0.39, 0.29) is 24.9 Å². The van der Waals surface area contributed by atoms with Crippen molar-refractivity contribution in [3.63, 3.8) is 0 Å². The summed E-state index contributed by atoms with van der Waals surface area (Å²) in [5, 5.41) is 5.53. The number of nitrogens with one attached hydrogen (secondary N) is 2. The number of aromatic nitrogens is 2. The Morgan fingerprint density at radius 1 is 1.23 bits per heavy atom. The Kier molecular flexibility index (Phi) is 7.72. The van der Waals surface area contributed by atoms with Gasteiger partial charge in [-0.2, -0.15) is 0 Å². The van der Waals surface area contributed by atoms with E-state index in [1.165, 1.54) is 0 Å². The van der Waals surface area contributed by atoms with Crippen LogP contribution in [0.25, 0.3) is 0 Å². The molecule has 31 heavy (non-hydrogen) atoms. The standard InChI is InChI=1S/C23H29N5O3/c1-16-11-25-20(13-24-16)14-27-23(30)26-12-19-6-5-18(10-22(19)31-3)21(29)7-4-17-8-9-28(2)15-17/h4-7,10-11,13,17H,8-9,12,14-15H2,1-3H3,(H2,26,27,30)/b7-4+. The molecule has 3 rings (SSSR count). The van der Waals surface area contributed by atoms with Crippen LogP contribution < -0.4 is 15.4 Å². The third kappa shape index (κ3) is 6.62. The number of aryl methyl sites for hydroxylation is 1. The molecule has 1 aromatic heterocycles. The summed E-state index contributed by atoms with van der Waals surface area (Å²) in [4.78, 5) is 35.2. The number of methoxy groups -OCH3 is 1. The number of urea groups is 1. The molecule has 1 aliphatic rings. The van der Waals surface area contributed by atoms with Crippen LogP contribution in [-0.2, 0) is 13.1 Å². The average molecular weight is 424 g/mol. The van der Waals surface area contributed by atoms with Crippen molar-refractivity contribution >= 4 is 11.8 Å². The van der Waals surface area contributed by atoms with Gasteiger partial charge in [-0.25, -0.2) is 4.79 Å². The van der Waals surface area contributed by atoms with Gasteiger partial charge in [-0.05, 0) is 45.0 Å². The van der Waals surface area contributed by atoms with Crippen molar-refractivity contribution < 1.29 is 14.3 Å². The largest absolute Gasteiger partial charge is 0.496 e. The summed E-state index contributed by atoms with van der Waals surface area (Å²) in [5.41, 5.74) is 2.85. The van der Waals surface area contributed by atoms with Crippen molar-refractivity contribution in [1.29, 1.82) is 0 Å². The van der Waals surface area contributed by atoms with E-state index in [4.69, 9.17) is 4.74 Å². The smallest absolute Gasteiger partial charge is 0.315 e. The average Bonchev–Trinajstić information content (AvgIpc) is 3.20. The first-order valence-corrected chi connectivity index (χ1v) is 10.3. The first-order valence-electron chi connectivity index (χ1n) is 10.3. The fraction of sp³-hybridized carbons (Fsp3) is 0.391. The van der Waals surface area contributed by atoms with Gasteiger partial charge < -0.3 is 20.3 Å². The highest BCUT2D eigenvalue weighted by atomic mass is 16.5. The third-order valence-corrected chi connectivity index (χ3v) is 5.22. The Labute approximate surface area is 182 Å². The number of hydrogen-bond donors (Lipinski definition) is 2. The molecule has 1 atom stereocenters. The zero-order valence-electron chi connectivity index (χ0n) is 18.2. The van der Waals surface area contributed by atoms with Crippen LogP contribution in [0.4, 0.5) is 4.79 Å². The summed E-state index contributed by atoms with van der Waals surface area (Å²) < 4.78 is 5.43. The number of ketones is 1. The number of likely N-dealkylation sites (tertiary alicyclic amines) is 1. The van der Waals surface area contributed by atoms with Crippen molar-refractivity contribution in [2.45, 2.75) is 26.4 Å². The number of carbonyl (C=O) groups excluding carboxylic acids is 2. The number of hydrogen-bond acceptors (Lipinski definition) is 6. The van der Waals surface area contributed by atoms with E-state index in [1.54, 1.807) is 43.8 Å². The van der Waals surface area contributed by atoms with Gasteiger partial charge in [0.2, 0.25) is 0 Å². The van der Waals surface area contributed by atoms with Crippen LogP contribution in [0.3, 0.4) is 0 Å². The molecule has 0 radical (unpaired) electrons. The summed E-state index contributed by atoms with van der Waals surface area (Å²) in [5.74, 6) is 0.928. The van der Waals surface area contributed by atoms with Crippen molar-refractivity contribution in [3.8, 4) is 5.75 Å². The summed E-state index contributed by atoms with van der Waals surface area (Å²) in [7, 11) is 3.64. The Morgan fingerprint density at radius 3 is 2.71 bits per heavy atom. The van der Waals surface area contributed by atoms with Gasteiger partial charge in [-0.1, -0.05) is 18.2 Å². The van der Waals surface area contributed by atoms with Gasteiger partial charge in [-0.3, -0.25) is 14.8 Å². The molecule has 1 unspecified atom stereocenters. The lowest BCUT2D eigenvalue weighted by molar-refractivity contribution is 0.104. The number of ether oxygens (including phenoxy) is 1. The van der Waals surface area contributed by atoms with E-state index >= 15 is 0 Å². The van der Waals surface area contributed by atoms with Crippen LogP contribution in [0, 0.1) is 12.8 Å². The highest BCUT2D eigenvalue weighted by molar-refractivity contribution is 6.04. The van der Waals surface area contributed by atoms with E-state index in [9.17, 15) is 9.59 Å². The van der Waals surface area contributed by atoms with Crippen molar-refractivity contribution in [2.24, 2.45) is 5.92 Å². The van der Waals surface area contributed by atoms with Gasteiger partial charge in [0.15, 0.2) is 5.78 Å². The predicted octanol–water partition coefficient (Wildman–Crippen LogP) is 2.48. The molecular weight excluding hydrogens is 394 g/mol. The monoisotopic (exact) mass is 423 g/mol. The minimum atomic E-state index is -0.325. The van der Waals surface area contributed by atoms with E-state index in [0.717, 1.165) is 30.8 Å². The molecule has 0 saturated carbocycles. The van der Waals surface area contributed by atoms with Gasteiger partial charge in [0.05, 0.1) is 31.2 Å². The van der Waals surface area contributed by atoms with Crippen LogP contribution in [0.2, 0.25) is 0 Å². The second-order valence-electron chi connectivity index (χ2n) is 7.75. The lowest BCUT2D eigenvalue weighted by Crippen LogP contribution is -2.34. The highest BCUT2D eigenvalue weighted by Crippen LogP contribution is 2.21. The fourth-order valence-corrected chi connectivity index (χ4v) is 3.41. The van der Waals surface area contributed by atoms with Crippen molar-refractivity contribution in [2.75, 3.05) is 27.2 Å². The summed E-state index contributed by atoms with van der Waals surface area (Å²) in [6.45, 7) is 4.45. The van der Waals surface area contributed by atoms with Crippen molar-refractivity contribution in [3.05, 3.63) is 65.3 Å². The van der Waals surface area contributed by atoms with Crippen LogP contribution in [0.5, 0.6) is 5.75 Å². The molecule has 2 N–H and O–H groups in total. The number of benzene rings is 1. The molecule has 8 heteroatoms. The molecule has 8 nitrogen and oxygen atoms in total. The first-order chi connectivity index (χ1) is 14.9. The second kappa shape index (κ2) is 10.7. The van der Waals surface area contributed by atoms with E-state index in [1.807, 2.05) is 13.0 Å². The summed E-state index contributed by atoms with van der Waals surface area (Å²) in [6, 6.07) is 4.94. The van der Waals surface area contributed by atoms with Crippen LogP contribution >= 0.6 is 0 Å². The molecular formula is C23H29N5O3. The second-order valence-corrected chi connectivity index (χ2v) is 7.75. The molecule has 1 saturated heterocycles. The van der Waals surface area contributed by atoms with E-state index < -0.39 is 0 Å². The first kappa shape index (κ1) is 22.4. The fourth-order valence-electron chi connectivity index (χ4n) is 3.41. The number of carbonyl (C=O) groups is 2. The van der Waals surface area contributed by atoms with Gasteiger partial charge in [0, 0.05) is 30.4 Å². The number of nitrogens with zero attached hydrogens (tertiary/aromatic N) is 3. The maximum Gasteiger partial charge on any atom is 0.315 e. The summed E-state index contributed by atoms with van der Waals surface area (Å²) in [6.07, 6.45) is 8.01. The number of amides is 2. The molecule has 1 aliphatic heterocycles. The molecule has 164 valence electrons. The quantitative estimate of drug-likeness (QED) is 0.500. The number of allylic oxidation sites excluding steroid dienone is 1. The zero-order valence-corrected chi connectivity index (χ0v) is 18.2. The summed E-state index contributed by atoms with van der Waals surface area (Å²) >= 11 is 0. The molecule has 0 aliphatic carbocycles. The number of rotatable bonds is 8. The lowest BCUT2D eigenvalue weighted by atomic mass is 10.0. The topological polar surface area (TPSA) is 96.5 Å². The highest BCUT2D eigenvalue weighted by Gasteiger charge is 2.17. The Hall–Kier alpha value is -3.26. The molecule has 2 amide bonds. The van der Waals surface area contributed by atoms with Crippen LogP contribution in [-0.4, -0.2) is 53.9 Å². The van der Waals surface area contributed by atoms with Gasteiger partial charge >= 0.3 is 6.03 Å². The Bertz CT molecular complexity index is 943. The van der Waals surface area contributed by atoms with Gasteiger partial charge in [0.1, 0.15) is 5.75 Å². The maximum absolute atomic E-state index is 12.5. The van der Waals surface area contributed by atoms with Crippen molar-refractivity contribution in [1.82, 2.24) is 25.5 Å². The zero-order chi connectivity index (χ0) is 22.2. The molecule has 2 aromatic rings. The van der Waals surface area contributed by atoms with Gasteiger partial charge in [0.25, 0.3) is 0 Å². The molecule has 0 spiro atoms. The van der Waals surface area contributed by atoms with E-state index in [0.29, 0.717) is 22.9 Å². The van der Waals surface area contributed by atoms with Crippen LogP contribution in [0.15, 0.2) is 42.7 Å². The molecule has 2 heterocycles. The predicted molar refractivity (Wildman–Crippen MR) is 118 cm³/mol. The Morgan fingerprint density at radius 2 is 2.03 bits per heavy atom. The SMILES string of the molecule is COc1cc(C(=O)/C=C/C2CCN(C)C2)ccc1CNC(=O)NCc1cnc(C)cn1. The van der Waals surface area contributed by atoms with E-state index in [2.05, 4.69) is 32.5 Å².